The van der Waals surface area contributed by atoms with E-state index < -0.39 is 0 Å². The summed E-state index contributed by atoms with van der Waals surface area (Å²) in [6, 6.07) is 3.40. The molecule has 0 aliphatic carbocycles. The van der Waals surface area contributed by atoms with Gasteiger partial charge in [0.1, 0.15) is 17.2 Å². The van der Waals surface area contributed by atoms with Crippen LogP contribution in [0, 0.1) is 0 Å². The Hall–Kier alpha value is -1.79. The Balaban J connectivity index is 2.62. The number of aromatic nitrogens is 3. The van der Waals surface area contributed by atoms with Gasteiger partial charge in [0.15, 0.2) is 0 Å². The summed E-state index contributed by atoms with van der Waals surface area (Å²) in [5, 5.41) is 8.27. The maximum Gasteiger partial charge on any atom is 0.146 e. The van der Waals surface area contributed by atoms with Crippen LogP contribution in [0.1, 0.15) is 5.69 Å². The summed E-state index contributed by atoms with van der Waals surface area (Å²) in [7, 11) is 3.10. The molecule has 18 heavy (non-hydrogen) atoms. The van der Waals surface area contributed by atoms with Gasteiger partial charge in [-0.3, -0.25) is 0 Å². The van der Waals surface area contributed by atoms with Crippen LogP contribution in [0.4, 0.5) is 0 Å². The van der Waals surface area contributed by atoms with Gasteiger partial charge in [-0.15, -0.1) is 5.10 Å². The number of methoxy groups -OCH3 is 2. The molecule has 1 aromatic heterocycles. The van der Waals surface area contributed by atoms with Gasteiger partial charge in [-0.2, -0.15) is 0 Å². The molecule has 0 atom stereocenters. The highest BCUT2D eigenvalue weighted by Crippen LogP contribution is 2.34. The summed E-state index contributed by atoms with van der Waals surface area (Å²) in [5.41, 5.74) is 7.06. The summed E-state index contributed by atoms with van der Waals surface area (Å²) < 4.78 is 12.1. The molecule has 0 saturated heterocycles. The van der Waals surface area contributed by atoms with E-state index in [1.807, 2.05) is 0 Å². The van der Waals surface area contributed by atoms with Crippen molar-refractivity contribution in [1.82, 2.24) is 15.0 Å². The Morgan fingerprint density at radius 3 is 2.61 bits per heavy atom. The largest absolute Gasteiger partial charge is 0.495 e. The number of nitrogens with zero attached hydrogens (tertiary/aromatic N) is 3. The van der Waals surface area contributed by atoms with E-state index in [9.17, 15) is 0 Å². The van der Waals surface area contributed by atoms with Crippen LogP contribution in [0.3, 0.4) is 0 Å². The molecule has 0 amide bonds. The van der Waals surface area contributed by atoms with Crippen molar-refractivity contribution in [3.8, 4) is 17.2 Å². The molecular weight excluding hydrogens is 256 g/mol. The molecule has 6 nitrogen and oxygen atoms in total. The minimum Gasteiger partial charge on any atom is -0.495 e. The van der Waals surface area contributed by atoms with Gasteiger partial charge in [-0.05, 0) is 0 Å². The second kappa shape index (κ2) is 5.24. The Bertz CT molecular complexity index is 556. The third kappa shape index (κ3) is 2.12. The predicted octanol–water partition coefficient (Wildman–Crippen LogP) is 1.40. The summed E-state index contributed by atoms with van der Waals surface area (Å²) in [6.45, 7) is 0.321. The predicted molar refractivity (Wildman–Crippen MR) is 67.4 cm³/mol. The maximum atomic E-state index is 6.04. The van der Waals surface area contributed by atoms with Gasteiger partial charge in [0.25, 0.3) is 0 Å². The molecule has 0 unspecified atom stereocenters. The molecule has 0 aliphatic rings. The van der Waals surface area contributed by atoms with E-state index in [1.54, 1.807) is 37.2 Å². The molecule has 0 bridgehead atoms. The lowest BCUT2D eigenvalue weighted by molar-refractivity contribution is 0.400. The van der Waals surface area contributed by atoms with Gasteiger partial charge in [0.05, 0.1) is 31.1 Å². The molecule has 0 spiro atoms. The Labute approximate surface area is 109 Å². The van der Waals surface area contributed by atoms with Crippen LogP contribution in [0.15, 0.2) is 18.3 Å². The number of rotatable bonds is 4. The molecule has 0 fully saturated rings. The van der Waals surface area contributed by atoms with Crippen LogP contribution in [0.5, 0.6) is 11.5 Å². The monoisotopic (exact) mass is 268 g/mol. The smallest absolute Gasteiger partial charge is 0.146 e. The van der Waals surface area contributed by atoms with Crippen LogP contribution in [-0.4, -0.2) is 29.2 Å². The van der Waals surface area contributed by atoms with E-state index in [1.165, 1.54) is 0 Å². The molecule has 1 aromatic carbocycles. The van der Waals surface area contributed by atoms with Gasteiger partial charge in [0, 0.05) is 18.7 Å². The lowest BCUT2D eigenvalue weighted by atomic mass is 10.2. The first-order valence-corrected chi connectivity index (χ1v) is 5.60. The normalized spacial score (nSPS) is 10.4. The van der Waals surface area contributed by atoms with E-state index in [4.69, 9.17) is 26.8 Å². The van der Waals surface area contributed by atoms with Crippen LogP contribution in [0.25, 0.3) is 5.69 Å². The first-order valence-electron chi connectivity index (χ1n) is 5.22. The number of ether oxygens (including phenoxy) is 2. The molecule has 7 heteroatoms. The van der Waals surface area contributed by atoms with E-state index in [-0.39, 0.29) is 0 Å². The summed E-state index contributed by atoms with van der Waals surface area (Å²) in [5.74, 6) is 1.10. The van der Waals surface area contributed by atoms with Gasteiger partial charge in [-0.25, -0.2) is 4.68 Å². The van der Waals surface area contributed by atoms with Crippen LogP contribution in [0.2, 0.25) is 5.02 Å². The first kappa shape index (κ1) is 12.7. The minimum absolute atomic E-state index is 0.321. The van der Waals surface area contributed by atoms with E-state index in [0.717, 1.165) is 5.69 Å². The Morgan fingerprint density at radius 2 is 2.00 bits per heavy atom. The van der Waals surface area contributed by atoms with Crippen molar-refractivity contribution in [3.63, 3.8) is 0 Å². The van der Waals surface area contributed by atoms with Gasteiger partial charge >= 0.3 is 0 Å². The van der Waals surface area contributed by atoms with Crippen molar-refractivity contribution in [2.24, 2.45) is 5.73 Å². The van der Waals surface area contributed by atoms with Crippen LogP contribution >= 0.6 is 11.6 Å². The number of halogens is 1. The van der Waals surface area contributed by atoms with E-state index in [2.05, 4.69) is 10.3 Å². The fraction of sp³-hybridized carbons (Fsp3) is 0.273. The topological polar surface area (TPSA) is 75.2 Å². The molecule has 2 aromatic rings. The number of benzene rings is 1. The molecule has 2 rings (SSSR count). The highest BCUT2D eigenvalue weighted by molar-refractivity contribution is 6.32. The molecule has 0 saturated carbocycles. The van der Waals surface area contributed by atoms with Crippen LogP contribution in [-0.2, 0) is 6.54 Å². The van der Waals surface area contributed by atoms with E-state index in [0.29, 0.717) is 28.8 Å². The van der Waals surface area contributed by atoms with Gasteiger partial charge in [-0.1, -0.05) is 16.8 Å². The highest BCUT2D eigenvalue weighted by Gasteiger charge is 2.14. The zero-order valence-electron chi connectivity index (χ0n) is 10.1. The van der Waals surface area contributed by atoms with Crippen molar-refractivity contribution in [1.29, 1.82) is 0 Å². The summed E-state index contributed by atoms with van der Waals surface area (Å²) in [6.07, 6.45) is 1.60. The molecule has 1 heterocycles. The van der Waals surface area contributed by atoms with Crippen molar-refractivity contribution in [2.45, 2.75) is 6.54 Å². The lowest BCUT2D eigenvalue weighted by Crippen LogP contribution is -2.08. The number of hydrogen-bond acceptors (Lipinski definition) is 5. The zero-order chi connectivity index (χ0) is 13.1. The SMILES string of the molecule is COc1cc(-n2nncc2CN)c(OC)cc1Cl. The average molecular weight is 269 g/mol. The quantitative estimate of drug-likeness (QED) is 0.907. The first-order chi connectivity index (χ1) is 8.71. The molecular formula is C11H13ClN4O2. The molecule has 0 radical (unpaired) electrons. The second-order valence-electron chi connectivity index (χ2n) is 3.50. The van der Waals surface area contributed by atoms with Gasteiger partial charge < -0.3 is 15.2 Å². The number of hydrogen-bond donors (Lipinski definition) is 1. The molecule has 2 N–H and O–H groups in total. The van der Waals surface area contributed by atoms with Crippen molar-refractivity contribution in [2.75, 3.05) is 14.2 Å². The Morgan fingerprint density at radius 1 is 1.28 bits per heavy atom. The highest BCUT2D eigenvalue weighted by atomic mass is 35.5. The van der Waals surface area contributed by atoms with Crippen LogP contribution < -0.4 is 15.2 Å². The molecule has 96 valence electrons. The van der Waals surface area contributed by atoms with Gasteiger partial charge in [0.2, 0.25) is 0 Å². The standard InChI is InChI=1S/C11H13ClN4O2/c1-17-10-4-9(11(18-2)3-8(10)12)16-7(5-13)6-14-15-16/h3-4,6H,5,13H2,1-2H3. The average Bonchev–Trinajstić information content (AvgIpc) is 2.86. The fourth-order valence-electron chi connectivity index (χ4n) is 1.61. The summed E-state index contributed by atoms with van der Waals surface area (Å²) >= 11 is 6.04. The third-order valence-corrected chi connectivity index (χ3v) is 2.81. The summed E-state index contributed by atoms with van der Waals surface area (Å²) in [4.78, 5) is 0. The van der Waals surface area contributed by atoms with Crippen molar-refractivity contribution in [3.05, 3.63) is 29.0 Å². The zero-order valence-corrected chi connectivity index (χ0v) is 10.8. The third-order valence-electron chi connectivity index (χ3n) is 2.51. The minimum atomic E-state index is 0.321. The van der Waals surface area contributed by atoms with E-state index >= 15 is 0 Å². The molecule has 0 aliphatic heterocycles. The lowest BCUT2D eigenvalue weighted by Gasteiger charge is -2.13. The van der Waals surface area contributed by atoms with Crippen molar-refractivity contribution < 1.29 is 9.47 Å². The fourth-order valence-corrected chi connectivity index (χ4v) is 1.84. The second-order valence-corrected chi connectivity index (χ2v) is 3.91. The number of nitrogens with two attached hydrogens (primary N) is 1. The Kier molecular flexibility index (Phi) is 3.69. The maximum absolute atomic E-state index is 6.04. The van der Waals surface area contributed by atoms with Crippen molar-refractivity contribution >= 4 is 11.6 Å².